The molecule has 0 N–H and O–H groups in total. The Labute approximate surface area is 182 Å². The molecule has 4 nitrogen and oxygen atoms in total. The van der Waals surface area contributed by atoms with Crippen molar-refractivity contribution in [2.45, 2.75) is 26.6 Å². The Morgan fingerprint density at radius 1 is 0.969 bits per heavy atom. The van der Waals surface area contributed by atoms with E-state index >= 15 is 0 Å². The van der Waals surface area contributed by atoms with Crippen LogP contribution < -0.4 is 5.43 Å². The molecular weight excluding hydrogens is 417 g/mol. The van der Waals surface area contributed by atoms with Crippen LogP contribution >= 0.6 is 0 Å². The van der Waals surface area contributed by atoms with Crippen LogP contribution in [-0.4, -0.2) is 15.3 Å². The Morgan fingerprint density at radius 2 is 1.72 bits per heavy atom. The summed E-state index contributed by atoms with van der Waals surface area (Å²) in [5.41, 5.74) is 1.54. The van der Waals surface area contributed by atoms with E-state index < -0.39 is 23.1 Å². The number of aromatic nitrogens is 2. The van der Waals surface area contributed by atoms with Gasteiger partial charge in [0.05, 0.1) is 23.3 Å². The smallest absolute Gasteiger partial charge is 0.340 e. The molecule has 2 heterocycles. The Balaban J connectivity index is 1.85. The van der Waals surface area contributed by atoms with Gasteiger partial charge in [-0.1, -0.05) is 30.3 Å². The third kappa shape index (κ3) is 4.06. The monoisotopic (exact) mass is 436 g/mol. The number of rotatable bonds is 4. The van der Waals surface area contributed by atoms with Crippen LogP contribution in [0.2, 0.25) is 0 Å². The summed E-state index contributed by atoms with van der Waals surface area (Å²) in [6, 6.07) is 15.6. The summed E-state index contributed by atoms with van der Waals surface area (Å²) < 4.78 is 40.8. The van der Waals surface area contributed by atoms with Crippen molar-refractivity contribution >= 4 is 16.7 Å². The maximum Gasteiger partial charge on any atom is 0.433 e. The number of benzene rings is 2. The van der Waals surface area contributed by atoms with E-state index in [0.29, 0.717) is 16.5 Å². The van der Waals surface area contributed by atoms with Gasteiger partial charge in [0.1, 0.15) is 5.69 Å². The topological polar surface area (TPSA) is 52.0 Å². The fourth-order valence-electron chi connectivity index (χ4n) is 3.58. The standard InChI is InChI=1S/C25H19F3N2O2/c1-15-10-11-17(12-16(15)2)23(31)20-14-30(21-8-4-3-7-19(21)24(20)32)13-18-6-5-9-22(29-18)25(26,27)28/h3-12,14H,13H2,1-2H3. The molecule has 0 aliphatic carbocycles. The highest BCUT2D eigenvalue weighted by atomic mass is 19.4. The third-order valence-corrected chi connectivity index (χ3v) is 5.43. The van der Waals surface area contributed by atoms with Gasteiger partial charge in [0, 0.05) is 17.1 Å². The first kappa shape index (κ1) is 21.5. The molecule has 0 saturated heterocycles. The van der Waals surface area contributed by atoms with E-state index in [1.54, 1.807) is 41.0 Å². The molecule has 0 amide bonds. The SMILES string of the molecule is Cc1ccc(C(=O)c2cn(Cc3cccc(C(F)(F)F)n3)c3ccccc3c2=O)cc1C. The van der Waals surface area contributed by atoms with Crippen LogP contribution in [0.25, 0.3) is 10.9 Å². The minimum absolute atomic E-state index is 0.0298. The van der Waals surface area contributed by atoms with Crippen molar-refractivity contribution in [1.82, 2.24) is 9.55 Å². The third-order valence-electron chi connectivity index (χ3n) is 5.43. The van der Waals surface area contributed by atoms with Gasteiger partial charge in [-0.05, 0) is 55.3 Å². The van der Waals surface area contributed by atoms with Crippen LogP contribution in [0.1, 0.15) is 38.4 Å². The van der Waals surface area contributed by atoms with Crippen LogP contribution in [0, 0.1) is 13.8 Å². The van der Waals surface area contributed by atoms with Gasteiger partial charge in [0.2, 0.25) is 5.43 Å². The van der Waals surface area contributed by atoms with E-state index in [1.165, 1.54) is 18.3 Å². The maximum absolute atomic E-state index is 13.2. The van der Waals surface area contributed by atoms with Crippen LogP contribution in [0.3, 0.4) is 0 Å². The number of aryl methyl sites for hydroxylation is 2. The molecule has 2 aromatic carbocycles. The van der Waals surface area contributed by atoms with E-state index in [9.17, 15) is 22.8 Å². The van der Waals surface area contributed by atoms with Crippen molar-refractivity contribution in [2.75, 3.05) is 0 Å². The molecule has 2 aromatic heterocycles. The van der Waals surface area contributed by atoms with Gasteiger partial charge in [-0.2, -0.15) is 13.2 Å². The number of hydrogen-bond donors (Lipinski definition) is 0. The number of ketones is 1. The quantitative estimate of drug-likeness (QED) is 0.408. The molecule has 0 saturated carbocycles. The highest BCUT2D eigenvalue weighted by Gasteiger charge is 2.32. The van der Waals surface area contributed by atoms with Gasteiger partial charge in [-0.15, -0.1) is 0 Å². The average molecular weight is 436 g/mol. The zero-order valence-electron chi connectivity index (χ0n) is 17.4. The van der Waals surface area contributed by atoms with Gasteiger partial charge in [0.25, 0.3) is 0 Å². The molecular formula is C25H19F3N2O2. The number of halogens is 3. The molecule has 162 valence electrons. The Bertz CT molecular complexity index is 1400. The molecule has 0 atom stereocenters. The lowest BCUT2D eigenvalue weighted by Crippen LogP contribution is -2.20. The second-order valence-corrected chi connectivity index (χ2v) is 7.66. The summed E-state index contributed by atoms with van der Waals surface area (Å²) in [7, 11) is 0. The van der Waals surface area contributed by atoms with E-state index in [4.69, 9.17) is 0 Å². The lowest BCUT2D eigenvalue weighted by atomic mass is 9.99. The first-order valence-electron chi connectivity index (χ1n) is 9.92. The minimum atomic E-state index is -4.56. The number of carbonyl (C=O) groups is 1. The molecule has 4 rings (SSSR count). The fraction of sp³-hybridized carbons (Fsp3) is 0.160. The zero-order chi connectivity index (χ0) is 23.0. The first-order chi connectivity index (χ1) is 15.1. The molecule has 0 bridgehead atoms. The normalized spacial score (nSPS) is 11.7. The van der Waals surface area contributed by atoms with Crippen LogP contribution in [0.4, 0.5) is 13.2 Å². The number of fused-ring (bicyclic) bond motifs is 1. The highest BCUT2D eigenvalue weighted by Crippen LogP contribution is 2.27. The Morgan fingerprint density at radius 3 is 2.44 bits per heavy atom. The van der Waals surface area contributed by atoms with Crippen molar-refractivity contribution in [1.29, 1.82) is 0 Å². The van der Waals surface area contributed by atoms with E-state index in [0.717, 1.165) is 17.2 Å². The summed E-state index contributed by atoms with van der Waals surface area (Å²) >= 11 is 0. The lowest BCUT2D eigenvalue weighted by Gasteiger charge is -2.14. The van der Waals surface area contributed by atoms with Crippen LogP contribution in [0.15, 0.2) is 71.7 Å². The second kappa shape index (κ2) is 8.07. The zero-order valence-corrected chi connectivity index (χ0v) is 17.4. The highest BCUT2D eigenvalue weighted by molar-refractivity contribution is 6.10. The van der Waals surface area contributed by atoms with Gasteiger partial charge in [-0.3, -0.25) is 9.59 Å². The maximum atomic E-state index is 13.2. The van der Waals surface area contributed by atoms with E-state index in [1.807, 2.05) is 19.9 Å². The molecule has 0 radical (unpaired) electrons. The Kier molecular flexibility index (Phi) is 5.42. The number of para-hydroxylation sites is 1. The summed E-state index contributed by atoms with van der Waals surface area (Å²) in [4.78, 5) is 30.0. The minimum Gasteiger partial charge on any atom is -0.340 e. The van der Waals surface area contributed by atoms with Gasteiger partial charge in [0.15, 0.2) is 5.78 Å². The average Bonchev–Trinajstić information content (AvgIpc) is 2.77. The predicted octanol–water partition coefficient (Wildman–Crippen LogP) is 5.31. The fourth-order valence-corrected chi connectivity index (χ4v) is 3.58. The van der Waals surface area contributed by atoms with Gasteiger partial charge < -0.3 is 4.57 Å². The Hall–Kier alpha value is -3.74. The summed E-state index contributed by atoms with van der Waals surface area (Å²) in [6.07, 6.45) is -3.16. The number of carbonyl (C=O) groups excluding carboxylic acids is 1. The van der Waals surface area contributed by atoms with Crippen molar-refractivity contribution in [3.8, 4) is 0 Å². The van der Waals surface area contributed by atoms with Crippen molar-refractivity contribution in [3.63, 3.8) is 0 Å². The number of alkyl halides is 3. The van der Waals surface area contributed by atoms with Gasteiger partial charge in [-0.25, -0.2) is 4.98 Å². The number of hydrogen-bond acceptors (Lipinski definition) is 3. The van der Waals surface area contributed by atoms with Crippen molar-refractivity contribution in [3.05, 3.63) is 111 Å². The van der Waals surface area contributed by atoms with Crippen molar-refractivity contribution < 1.29 is 18.0 Å². The summed E-state index contributed by atoms with van der Waals surface area (Å²) in [5.74, 6) is -0.436. The van der Waals surface area contributed by atoms with Crippen LogP contribution in [0.5, 0.6) is 0 Å². The molecule has 4 aromatic rings. The number of nitrogens with zero attached hydrogens (tertiary/aromatic N) is 2. The molecule has 7 heteroatoms. The molecule has 0 unspecified atom stereocenters. The summed E-state index contributed by atoms with van der Waals surface area (Å²) in [5, 5.41) is 0.314. The molecule has 32 heavy (non-hydrogen) atoms. The molecule has 0 fully saturated rings. The molecule has 0 aliphatic rings. The van der Waals surface area contributed by atoms with Crippen LogP contribution in [-0.2, 0) is 12.7 Å². The second-order valence-electron chi connectivity index (χ2n) is 7.66. The van der Waals surface area contributed by atoms with Gasteiger partial charge >= 0.3 is 6.18 Å². The molecule has 0 spiro atoms. The summed E-state index contributed by atoms with van der Waals surface area (Å²) in [6.45, 7) is 3.77. The van der Waals surface area contributed by atoms with Crippen molar-refractivity contribution in [2.24, 2.45) is 0 Å². The number of pyridine rings is 2. The van der Waals surface area contributed by atoms with E-state index in [2.05, 4.69) is 4.98 Å². The predicted molar refractivity (Wildman–Crippen MR) is 116 cm³/mol. The molecule has 0 aliphatic heterocycles. The van der Waals surface area contributed by atoms with E-state index in [-0.39, 0.29) is 17.8 Å². The lowest BCUT2D eigenvalue weighted by molar-refractivity contribution is -0.141. The largest absolute Gasteiger partial charge is 0.433 e. The first-order valence-corrected chi connectivity index (χ1v) is 9.92.